The van der Waals surface area contributed by atoms with Crippen LogP contribution in [-0.4, -0.2) is 37.8 Å². The molecule has 1 N–H and O–H groups in total. The molecule has 108 valence electrons. The number of hydrogen-bond donors (Lipinski definition) is 1. The van der Waals surface area contributed by atoms with Crippen molar-refractivity contribution in [3.8, 4) is 0 Å². The third-order valence-corrected chi connectivity index (χ3v) is 2.01. The number of carbonyl (C=O) groups is 1. The number of hydrogen-bond acceptors (Lipinski definition) is 2. The molecule has 18 heavy (non-hydrogen) atoms. The molecule has 0 fully saturated rings. The third-order valence-electron chi connectivity index (χ3n) is 2.01. The van der Waals surface area contributed by atoms with E-state index in [4.69, 9.17) is 4.74 Å². The predicted molar refractivity (Wildman–Crippen MR) is 54.3 cm³/mol. The third kappa shape index (κ3) is 5.61. The van der Waals surface area contributed by atoms with Crippen molar-refractivity contribution in [3.05, 3.63) is 0 Å². The fourth-order valence-corrected chi connectivity index (χ4v) is 0.898. The highest BCUT2D eigenvalue weighted by molar-refractivity contribution is 5.84. The summed E-state index contributed by atoms with van der Waals surface area (Å²) >= 11 is 0. The van der Waals surface area contributed by atoms with Gasteiger partial charge in [0, 0.05) is 13.2 Å². The number of alkyl halides is 5. The lowest BCUT2D eigenvalue weighted by Gasteiger charge is -2.18. The maximum absolute atomic E-state index is 12.4. The van der Waals surface area contributed by atoms with Crippen molar-refractivity contribution in [3.63, 3.8) is 0 Å². The van der Waals surface area contributed by atoms with Crippen molar-refractivity contribution in [2.24, 2.45) is 5.92 Å². The first-order chi connectivity index (χ1) is 8.09. The van der Waals surface area contributed by atoms with Crippen LogP contribution in [0.2, 0.25) is 0 Å². The van der Waals surface area contributed by atoms with E-state index in [2.05, 4.69) is 0 Å². The van der Waals surface area contributed by atoms with Gasteiger partial charge in [-0.05, 0) is 12.3 Å². The average molecular weight is 277 g/mol. The molecule has 3 nitrogen and oxygen atoms in total. The van der Waals surface area contributed by atoms with Gasteiger partial charge >= 0.3 is 12.1 Å². The van der Waals surface area contributed by atoms with Crippen LogP contribution in [0.15, 0.2) is 0 Å². The van der Waals surface area contributed by atoms with Gasteiger partial charge in [0.1, 0.15) is 0 Å². The molecule has 0 aromatic rings. The van der Waals surface area contributed by atoms with Gasteiger partial charge in [0.25, 0.3) is 5.91 Å². The monoisotopic (exact) mass is 277 g/mol. The van der Waals surface area contributed by atoms with E-state index in [1.807, 2.05) is 13.8 Å². The standard InChI is InChI=1S/C10H16F5NO2/c1-7(2)3-5-18-6-4-16-8(17)9(11,12)10(13,14)15/h7H,3-6H2,1-2H3,(H,16,17). The molecule has 0 heterocycles. The van der Waals surface area contributed by atoms with E-state index in [0.29, 0.717) is 12.5 Å². The van der Waals surface area contributed by atoms with Crippen molar-refractivity contribution in [1.29, 1.82) is 0 Å². The van der Waals surface area contributed by atoms with Crippen LogP contribution in [-0.2, 0) is 9.53 Å². The first-order valence-electron chi connectivity index (χ1n) is 5.39. The second kappa shape index (κ2) is 6.86. The first-order valence-corrected chi connectivity index (χ1v) is 5.39. The number of carbonyl (C=O) groups excluding carboxylic acids is 1. The molecule has 0 aliphatic heterocycles. The molecule has 0 bridgehead atoms. The van der Waals surface area contributed by atoms with Crippen molar-refractivity contribution in [1.82, 2.24) is 5.32 Å². The van der Waals surface area contributed by atoms with E-state index in [1.54, 1.807) is 0 Å². The van der Waals surface area contributed by atoms with Crippen LogP contribution in [0.25, 0.3) is 0 Å². The Morgan fingerprint density at radius 2 is 1.72 bits per heavy atom. The van der Waals surface area contributed by atoms with Gasteiger partial charge in [0.2, 0.25) is 0 Å². The van der Waals surface area contributed by atoms with E-state index in [-0.39, 0.29) is 13.2 Å². The van der Waals surface area contributed by atoms with Crippen LogP contribution in [0.4, 0.5) is 22.0 Å². The highest BCUT2D eigenvalue weighted by atomic mass is 19.4. The number of ether oxygens (including phenoxy) is 1. The zero-order chi connectivity index (χ0) is 14.4. The summed E-state index contributed by atoms with van der Waals surface area (Å²) in [6.45, 7) is 3.78. The number of amides is 1. The van der Waals surface area contributed by atoms with Gasteiger partial charge in [-0.2, -0.15) is 22.0 Å². The lowest BCUT2D eigenvalue weighted by molar-refractivity contribution is -0.269. The van der Waals surface area contributed by atoms with E-state index in [0.717, 1.165) is 6.42 Å². The molecule has 0 atom stereocenters. The summed E-state index contributed by atoms with van der Waals surface area (Å²) in [6, 6.07) is 0. The summed E-state index contributed by atoms with van der Waals surface area (Å²) in [4.78, 5) is 10.6. The lowest BCUT2D eigenvalue weighted by atomic mass is 10.1. The van der Waals surface area contributed by atoms with Crippen molar-refractivity contribution >= 4 is 5.91 Å². The normalized spacial score (nSPS) is 12.9. The van der Waals surface area contributed by atoms with Gasteiger partial charge in [-0.3, -0.25) is 4.79 Å². The molecule has 0 saturated carbocycles. The summed E-state index contributed by atoms with van der Waals surface area (Å²) in [5, 5.41) is 1.48. The Labute approximate surface area is 102 Å². The lowest BCUT2D eigenvalue weighted by Crippen LogP contribution is -2.51. The Hall–Kier alpha value is -0.920. The highest BCUT2D eigenvalue weighted by Crippen LogP contribution is 2.35. The van der Waals surface area contributed by atoms with E-state index in [9.17, 15) is 26.7 Å². The number of halogens is 5. The van der Waals surface area contributed by atoms with Crippen LogP contribution in [0.3, 0.4) is 0 Å². The van der Waals surface area contributed by atoms with Gasteiger partial charge in [0.15, 0.2) is 0 Å². The van der Waals surface area contributed by atoms with Crippen molar-refractivity contribution in [2.45, 2.75) is 32.4 Å². The zero-order valence-electron chi connectivity index (χ0n) is 10.1. The van der Waals surface area contributed by atoms with Gasteiger partial charge < -0.3 is 10.1 Å². The Balaban J connectivity index is 3.85. The van der Waals surface area contributed by atoms with Crippen LogP contribution < -0.4 is 5.32 Å². The molecule has 0 unspecified atom stereocenters. The largest absolute Gasteiger partial charge is 0.463 e. The quantitative estimate of drug-likeness (QED) is 0.573. The summed E-state index contributed by atoms with van der Waals surface area (Å²) in [6.07, 6.45) is -5.14. The van der Waals surface area contributed by atoms with E-state index < -0.39 is 18.0 Å². The zero-order valence-corrected chi connectivity index (χ0v) is 10.1. The Bertz CT molecular complexity index is 265. The topological polar surface area (TPSA) is 38.3 Å². The minimum atomic E-state index is -5.88. The fraction of sp³-hybridized carbons (Fsp3) is 0.900. The van der Waals surface area contributed by atoms with Crippen LogP contribution >= 0.6 is 0 Å². The number of nitrogens with one attached hydrogen (secondary N) is 1. The highest BCUT2D eigenvalue weighted by Gasteiger charge is 2.63. The minimum Gasteiger partial charge on any atom is -0.380 e. The SMILES string of the molecule is CC(C)CCOCCNC(=O)C(F)(F)C(F)(F)F. The molecule has 0 aromatic heterocycles. The molecule has 0 aliphatic rings. The van der Waals surface area contributed by atoms with Crippen molar-refractivity contribution in [2.75, 3.05) is 19.8 Å². The smallest absolute Gasteiger partial charge is 0.380 e. The number of rotatable bonds is 7. The van der Waals surface area contributed by atoms with E-state index >= 15 is 0 Å². The summed E-state index contributed by atoms with van der Waals surface area (Å²) in [5.41, 5.74) is 0. The summed E-state index contributed by atoms with van der Waals surface area (Å²) < 4.78 is 65.1. The van der Waals surface area contributed by atoms with Crippen LogP contribution in [0, 0.1) is 5.92 Å². The first kappa shape index (κ1) is 17.1. The molecular formula is C10H16F5NO2. The molecule has 1 amide bonds. The van der Waals surface area contributed by atoms with Gasteiger partial charge in [-0.15, -0.1) is 0 Å². The average Bonchev–Trinajstić information content (AvgIpc) is 2.20. The Morgan fingerprint density at radius 3 is 2.17 bits per heavy atom. The predicted octanol–water partition coefficient (Wildman–Crippen LogP) is 2.36. The molecular weight excluding hydrogens is 261 g/mol. The van der Waals surface area contributed by atoms with Crippen LogP contribution in [0.1, 0.15) is 20.3 Å². The molecule has 0 rings (SSSR count). The van der Waals surface area contributed by atoms with Gasteiger partial charge in [-0.25, -0.2) is 0 Å². The fourth-order valence-electron chi connectivity index (χ4n) is 0.898. The summed E-state index contributed by atoms with van der Waals surface area (Å²) in [5.74, 6) is -7.33. The maximum atomic E-state index is 12.4. The molecule has 0 radical (unpaired) electrons. The molecule has 0 aromatic carbocycles. The molecule has 8 heteroatoms. The van der Waals surface area contributed by atoms with Gasteiger partial charge in [0.05, 0.1) is 6.61 Å². The Morgan fingerprint density at radius 1 is 1.17 bits per heavy atom. The maximum Gasteiger partial charge on any atom is 0.463 e. The summed E-state index contributed by atoms with van der Waals surface area (Å²) in [7, 11) is 0. The second-order valence-corrected chi connectivity index (χ2v) is 4.12. The second-order valence-electron chi connectivity index (χ2n) is 4.12. The molecule has 0 aliphatic carbocycles. The molecule has 0 saturated heterocycles. The molecule has 0 spiro atoms. The minimum absolute atomic E-state index is 0.105. The Kier molecular flexibility index (Phi) is 6.51. The van der Waals surface area contributed by atoms with E-state index in [1.165, 1.54) is 5.32 Å². The van der Waals surface area contributed by atoms with Crippen molar-refractivity contribution < 1.29 is 31.5 Å². The van der Waals surface area contributed by atoms with Crippen LogP contribution in [0.5, 0.6) is 0 Å². The van der Waals surface area contributed by atoms with Gasteiger partial charge in [-0.1, -0.05) is 13.8 Å².